The van der Waals surface area contributed by atoms with Gasteiger partial charge in [0, 0.05) is 0 Å². The number of anilines is 1. The highest BCUT2D eigenvalue weighted by molar-refractivity contribution is 7.18. The number of amides is 1. The summed E-state index contributed by atoms with van der Waals surface area (Å²) in [5.74, 6) is -0.200. The van der Waals surface area contributed by atoms with Crippen LogP contribution < -0.4 is 5.32 Å². The van der Waals surface area contributed by atoms with Crippen molar-refractivity contribution in [3.05, 3.63) is 58.3 Å². The van der Waals surface area contributed by atoms with Gasteiger partial charge in [-0.2, -0.15) is 5.10 Å². The zero-order valence-electron chi connectivity index (χ0n) is 10.2. The predicted octanol–water partition coefficient (Wildman–Crippen LogP) is 3.23. The van der Waals surface area contributed by atoms with Crippen LogP contribution in [-0.2, 0) is 0 Å². The number of para-hydroxylation sites is 2. The zero-order chi connectivity index (χ0) is 13.9. The summed E-state index contributed by atoms with van der Waals surface area (Å²) in [6.45, 7) is 0. The average Bonchev–Trinajstić information content (AvgIpc) is 3.10. The first-order valence-corrected chi connectivity index (χ1v) is 6.94. The minimum atomic E-state index is -0.200. The molecule has 0 aliphatic heterocycles. The summed E-state index contributed by atoms with van der Waals surface area (Å²) in [7, 11) is 0. The van der Waals surface area contributed by atoms with E-state index in [4.69, 9.17) is 11.6 Å². The number of hydrogen-bond acceptors (Lipinski definition) is 4. The fourth-order valence-electron chi connectivity index (χ4n) is 1.73. The van der Waals surface area contributed by atoms with E-state index in [0.717, 1.165) is 5.69 Å². The maximum atomic E-state index is 12.1. The highest BCUT2D eigenvalue weighted by Gasteiger charge is 2.12. The Morgan fingerprint density at radius 2 is 2.10 bits per heavy atom. The second kappa shape index (κ2) is 5.44. The molecule has 0 aliphatic carbocycles. The van der Waals surface area contributed by atoms with Crippen LogP contribution in [0.3, 0.4) is 0 Å². The number of aromatic nitrogens is 3. The van der Waals surface area contributed by atoms with E-state index in [-0.39, 0.29) is 5.91 Å². The maximum absolute atomic E-state index is 12.1. The smallest absolute Gasteiger partial charge is 0.265 e. The summed E-state index contributed by atoms with van der Waals surface area (Å²) in [4.78, 5) is 16.6. The third-order valence-electron chi connectivity index (χ3n) is 2.61. The first kappa shape index (κ1) is 12.8. The molecule has 0 spiro atoms. The Labute approximate surface area is 123 Å². The fraction of sp³-hybridized carbons (Fsp3) is 0. The molecule has 0 saturated carbocycles. The van der Waals surface area contributed by atoms with Crippen molar-refractivity contribution in [2.24, 2.45) is 0 Å². The molecule has 0 atom stereocenters. The highest BCUT2D eigenvalue weighted by Crippen LogP contribution is 2.24. The number of nitrogens with one attached hydrogen (secondary N) is 1. The monoisotopic (exact) mass is 304 g/mol. The number of thiophene rings is 1. The van der Waals surface area contributed by atoms with Crippen LogP contribution in [0.4, 0.5) is 5.69 Å². The molecule has 0 radical (unpaired) electrons. The van der Waals surface area contributed by atoms with Crippen LogP contribution in [-0.4, -0.2) is 20.7 Å². The minimum Gasteiger partial charge on any atom is -0.319 e. The van der Waals surface area contributed by atoms with Gasteiger partial charge in [0.15, 0.2) is 0 Å². The van der Waals surface area contributed by atoms with Crippen molar-refractivity contribution in [3.63, 3.8) is 0 Å². The third-order valence-corrected chi connectivity index (χ3v) is 3.84. The molecule has 2 heterocycles. The van der Waals surface area contributed by atoms with E-state index in [1.54, 1.807) is 23.1 Å². The molecule has 2 aromatic heterocycles. The summed E-state index contributed by atoms with van der Waals surface area (Å²) >= 11 is 7.07. The van der Waals surface area contributed by atoms with E-state index in [1.807, 2.05) is 24.3 Å². The lowest BCUT2D eigenvalue weighted by Crippen LogP contribution is -2.12. The van der Waals surface area contributed by atoms with Gasteiger partial charge in [-0.3, -0.25) is 4.79 Å². The van der Waals surface area contributed by atoms with E-state index in [9.17, 15) is 4.79 Å². The van der Waals surface area contributed by atoms with E-state index in [2.05, 4.69) is 15.4 Å². The number of hydrogen-bond donors (Lipinski definition) is 1. The van der Waals surface area contributed by atoms with Crippen LogP contribution in [0.2, 0.25) is 4.34 Å². The van der Waals surface area contributed by atoms with Crippen LogP contribution >= 0.6 is 22.9 Å². The van der Waals surface area contributed by atoms with Crippen LogP contribution in [0.5, 0.6) is 0 Å². The topological polar surface area (TPSA) is 59.8 Å². The van der Waals surface area contributed by atoms with Gasteiger partial charge in [-0.1, -0.05) is 23.7 Å². The van der Waals surface area contributed by atoms with Gasteiger partial charge in [0.05, 0.1) is 20.6 Å². The third kappa shape index (κ3) is 2.56. The van der Waals surface area contributed by atoms with Gasteiger partial charge in [-0.05, 0) is 24.3 Å². The quantitative estimate of drug-likeness (QED) is 0.808. The Morgan fingerprint density at radius 3 is 2.80 bits per heavy atom. The lowest BCUT2D eigenvalue weighted by molar-refractivity contribution is 0.103. The van der Waals surface area contributed by atoms with Crippen LogP contribution in [0.15, 0.2) is 49.1 Å². The van der Waals surface area contributed by atoms with Crippen molar-refractivity contribution < 1.29 is 4.79 Å². The van der Waals surface area contributed by atoms with E-state index < -0.39 is 0 Å². The second-order valence-corrected chi connectivity index (χ2v) is 5.63. The summed E-state index contributed by atoms with van der Waals surface area (Å²) < 4.78 is 2.18. The Hall–Kier alpha value is -2.18. The number of carbonyl (C=O) groups is 1. The molecule has 1 amide bonds. The molecular formula is C13H9ClN4OS. The van der Waals surface area contributed by atoms with E-state index >= 15 is 0 Å². The van der Waals surface area contributed by atoms with Gasteiger partial charge < -0.3 is 5.32 Å². The molecule has 7 heteroatoms. The Kier molecular flexibility index (Phi) is 3.49. The predicted molar refractivity (Wildman–Crippen MR) is 78.6 cm³/mol. The van der Waals surface area contributed by atoms with Crippen molar-refractivity contribution in [1.29, 1.82) is 0 Å². The lowest BCUT2D eigenvalue weighted by Gasteiger charge is -2.09. The average molecular weight is 305 g/mol. The second-order valence-electron chi connectivity index (χ2n) is 3.92. The standard InChI is InChI=1S/C13H9ClN4OS/c14-12-6-5-11(20-12)13(19)17-9-3-1-2-4-10(9)18-8-15-7-16-18/h1-8H,(H,17,19). The first-order chi connectivity index (χ1) is 9.74. The number of benzene rings is 1. The number of rotatable bonds is 3. The molecule has 0 fully saturated rings. The summed E-state index contributed by atoms with van der Waals surface area (Å²) in [6, 6.07) is 10.8. The Balaban J connectivity index is 1.90. The van der Waals surface area contributed by atoms with Gasteiger partial charge >= 0.3 is 0 Å². The first-order valence-electron chi connectivity index (χ1n) is 5.75. The summed E-state index contributed by atoms with van der Waals surface area (Å²) in [6.07, 6.45) is 3.02. The van der Waals surface area contributed by atoms with Gasteiger partial charge in [-0.15, -0.1) is 11.3 Å². The van der Waals surface area contributed by atoms with Crippen LogP contribution in [0.1, 0.15) is 9.67 Å². The van der Waals surface area contributed by atoms with Crippen molar-refractivity contribution in [2.75, 3.05) is 5.32 Å². The van der Waals surface area contributed by atoms with Crippen LogP contribution in [0, 0.1) is 0 Å². The Bertz CT molecular complexity index is 738. The molecule has 1 N–H and O–H groups in total. The number of halogens is 1. The molecule has 0 unspecified atom stereocenters. The molecule has 5 nitrogen and oxygen atoms in total. The van der Waals surface area contributed by atoms with Gasteiger partial charge in [0.25, 0.3) is 5.91 Å². The molecule has 1 aromatic carbocycles. The van der Waals surface area contributed by atoms with E-state index in [1.165, 1.54) is 17.7 Å². The van der Waals surface area contributed by atoms with Crippen molar-refractivity contribution in [3.8, 4) is 5.69 Å². The lowest BCUT2D eigenvalue weighted by atomic mass is 10.2. The van der Waals surface area contributed by atoms with Crippen molar-refractivity contribution in [1.82, 2.24) is 14.8 Å². The molecule has 0 bridgehead atoms. The van der Waals surface area contributed by atoms with E-state index in [0.29, 0.717) is 14.9 Å². The van der Waals surface area contributed by atoms with Crippen molar-refractivity contribution >= 4 is 34.5 Å². The van der Waals surface area contributed by atoms with Crippen LogP contribution in [0.25, 0.3) is 5.69 Å². The van der Waals surface area contributed by atoms with Gasteiger partial charge in [0.2, 0.25) is 0 Å². The maximum Gasteiger partial charge on any atom is 0.265 e. The zero-order valence-corrected chi connectivity index (χ0v) is 11.7. The molecule has 0 aliphatic rings. The van der Waals surface area contributed by atoms with Crippen molar-refractivity contribution in [2.45, 2.75) is 0 Å². The molecular weight excluding hydrogens is 296 g/mol. The highest BCUT2D eigenvalue weighted by atomic mass is 35.5. The Morgan fingerprint density at radius 1 is 1.25 bits per heavy atom. The molecule has 3 aromatic rings. The molecule has 0 saturated heterocycles. The SMILES string of the molecule is O=C(Nc1ccccc1-n1cncn1)c1ccc(Cl)s1. The fourth-order valence-corrected chi connectivity index (χ4v) is 2.67. The summed E-state index contributed by atoms with van der Waals surface area (Å²) in [5, 5.41) is 6.92. The number of nitrogens with zero attached hydrogens (tertiary/aromatic N) is 3. The molecule has 3 rings (SSSR count). The number of carbonyl (C=O) groups excluding carboxylic acids is 1. The van der Waals surface area contributed by atoms with Gasteiger partial charge in [0.1, 0.15) is 12.7 Å². The largest absolute Gasteiger partial charge is 0.319 e. The normalized spacial score (nSPS) is 10.4. The van der Waals surface area contributed by atoms with Gasteiger partial charge in [-0.25, -0.2) is 9.67 Å². The minimum absolute atomic E-state index is 0.200. The molecule has 100 valence electrons. The molecule has 20 heavy (non-hydrogen) atoms. The summed E-state index contributed by atoms with van der Waals surface area (Å²) in [5.41, 5.74) is 1.41.